The summed E-state index contributed by atoms with van der Waals surface area (Å²) in [5.74, 6) is 0.713. The molecule has 0 bridgehead atoms. The zero-order valence-corrected chi connectivity index (χ0v) is 30.7. The van der Waals surface area contributed by atoms with Crippen LogP contribution in [0.1, 0.15) is 0 Å². The number of benzene rings is 8. The lowest BCUT2D eigenvalue weighted by Gasteiger charge is -2.16. The minimum atomic E-state index is 0.713. The van der Waals surface area contributed by atoms with Crippen molar-refractivity contribution in [3.8, 4) is 56.2 Å². The quantitative estimate of drug-likeness (QED) is 0.177. The summed E-state index contributed by atoms with van der Waals surface area (Å²) in [5, 5.41) is 7.49. The predicted octanol–water partition coefficient (Wildman–Crippen LogP) is 14.7. The average molecular weight is 723 g/mol. The van der Waals surface area contributed by atoms with E-state index in [0.717, 1.165) is 39.2 Å². The van der Waals surface area contributed by atoms with Gasteiger partial charge in [-0.3, -0.25) is 0 Å². The van der Waals surface area contributed by atoms with Crippen molar-refractivity contribution in [1.82, 2.24) is 9.97 Å². The molecule has 0 aliphatic heterocycles. The van der Waals surface area contributed by atoms with Crippen molar-refractivity contribution in [1.29, 1.82) is 0 Å². The van der Waals surface area contributed by atoms with Gasteiger partial charge in [0, 0.05) is 57.0 Å². The maximum absolute atomic E-state index is 5.47. The largest absolute Gasteiger partial charge is 0.228 e. The van der Waals surface area contributed by atoms with Crippen molar-refractivity contribution < 1.29 is 0 Å². The summed E-state index contributed by atoms with van der Waals surface area (Å²) in [6.07, 6.45) is 0. The smallest absolute Gasteiger partial charge is 0.161 e. The van der Waals surface area contributed by atoms with Gasteiger partial charge in [-0.2, -0.15) is 0 Å². The molecule has 0 atom stereocenters. The van der Waals surface area contributed by atoms with Gasteiger partial charge in [0.1, 0.15) is 0 Å². The van der Waals surface area contributed by atoms with Gasteiger partial charge in [-0.1, -0.05) is 164 Å². The van der Waals surface area contributed by atoms with Crippen LogP contribution >= 0.6 is 22.7 Å². The Morgan fingerprint density at radius 3 is 1.35 bits per heavy atom. The summed E-state index contributed by atoms with van der Waals surface area (Å²) in [6, 6.07) is 65.3. The standard InChI is InChI=1S/C50H30N2S2/c1-2-14-31(15-3-1)32-28-29-36(34-17-5-4-16-33(32)34)35-18-6-7-21-41(35)50-51-44(42-24-12-22-39-37-19-8-10-26-46(37)53-48(39)42)30-45(52-50)43-25-13-23-40-38-20-9-11-27-47(38)54-49(40)43/h1-30H. The van der Waals surface area contributed by atoms with Crippen molar-refractivity contribution in [3.63, 3.8) is 0 Å². The first kappa shape index (κ1) is 31.1. The Morgan fingerprint density at radius 2 is 0.741 bits per heavy atom. The first-order chi connectivity index (χ1) is 26.8. The van der Waals surface area contributed by atoms with Crippen LogP contribution in [0.25, 0.3) is 107 Å². The number of nitrogens with zero attached hydrogens (tertiary/aromatic N) is 2. The van der Waals surface area contributed by atoms with Gasteiger partial charge in [0.05, 0.1) is 11.4 Å². The molecule has 0 saturated carbocycles. The molecule has 0 N–H and O–H groups in total. The maximum Gasteiger partial charge on any atom is 0.161 e. The van der Waals surface area contributed by atoms with E-state index in [1.54, 1.807) is 0 Å². The number of aromatic nitrogens is 2. The Bertz CT molecular complexity index is 3100. The number of thiophene rings is 2. The van der Waals surface area contributed by atoms with Crippen molar-refractivity contribution >= 4 is 73.8 Å². The minimum Gasteiger partial charge on any atom is -0.228 e. The highest BCUT2D eigenvalue weighted by molar-refractivity contribution is 7.26. The van der Waals surface area contributed by atoms with Crippen molar-refractivity contribution in [2.24, 2.45) is 0 Å². The monoisotopic (exact) mass is 722 g/mol. The molecule has 3 aromatic heterocycles. The Morgan fingerprint density at radius 1 is 0.296 bits per heavy atom. The van der Waals surface area contributed by atoms with Crippen LogP contribution in [0.3, 0.4) is 0 Å². The van der Waals surface area contributed by atoms with E-state index in [1.165, 1.54) is 62.2 Å². The molecule has 0 aliphatic carbocycles. The molecule has 0 spiro atoms. The highest BCUT2D eigenvalue weighted by Crippen LogP contribution is 2.44. The molecule has 0 amide bonds. The Labute approximate surface area is 320 Å². The molecule has 252 valence electrons. The molecule has 0 aliphatic rings. The van der Waals surface area contributed by atoms with Crippen LogP contribution in [-0.4, -0.2) is 9.97 Å². The summed E-state index contributed by atoms with van der Waals surface area (Å²) in [5.41, 5.74) is 9.79. The summed E-state index contributed by atoms with van der Waals surface area (Å²) >= 11 is 3.67. The van der Waals surface area contributed by atoms with E-state index < -0.39 is 0 Å². The molecule has 2 nitrogen and oxygen atoms in total. The summed E-state index contributed by atoms with van der Waals surface area (Å²) < 4.78 is 5.04. The van der Waals surface area contributed by atoms with Gasteiger partial charge in [0.25, 0.3) is 0 Å². The zero-order chi connectivity index (χ0) is 35.6. The highest BCUT2D eigenvalue weighted by Gasteiger charge is 2.20. The van der Waals surface area contributed by atoms with Gasteiger partial charge in [0.2, 0.25) is 0 Å². The maximum atomic E-state index is 5.47. The molecule has 3 heterocycles. The molecule has 0 radical (unpaired) electrons. The van der Waals surface area contributed by atoms with Crippen molar-refractivity contribution in [2.75, 3.05) is 0 Å². The van der Waals surface area contributed by atoms with Crippen molar-refractivity contribution in [2.45, 2.75) is 0 Å². The van der Waals surface area contributed by atoms with E-state index in [0.29, 0.717) is 5.82 Å². The Hall–Kier alpha value is -6.46. The second kappa shape index (κ2) is 12.6. The highest BCUT2D eigenvalue weighted by atomic mass is 32.1. The van der Waals surface area contributed by atoms with Crippen LogP contribution < -0.4 is 0 Å². The molecule has 11 rings (SSSR count). The number of rotatable bonds is 5. The Kier molecular flexibility index (Phi) is 7.25. The van der Waals surface area contributed by atoms with E-state index in [-0.39, 0.29) is 0 Å². The van der Waals surface area contributed by atoms with E-state index in [9.17, 15) is 0 Å². The lowest BCUT2D eigenvalue weighted by molar-refractivity contribution is 1.19. The molecule has 11 aromatic rings. The molecule has 8 aromatic carbocycles. The number of hydrogen-bond acceptors (Lipinski definition) is 4. The van der Waals surface area contributed by atoms with Crippen LogP contribution in [0, 0.1) is 0 Å². The SMILES string of the molecule is c1ccc(-c2ccc(-c3ccccc3-c3nc(-c4cccc5c4sc4ccccc45)cc(-c4cccc5c4sc4ccccc45)n3)c3ccccc23)cc1. The first-order valence-corrected chi connectivity index (χ1v) is 19.8. The fourth-order valence-electron chi connectivity index (χ4n) is 8.06. The second-order valence-corrected chi connectivity index (χ2v) is 15.7. The van der Waals surface area contributed by atoms with Gasteiger partial charge in [-0.15, -0.1) is 22.7 Å². The fourth-order valence-corrected chi connectivity index (χ4v) is 10.5. The molecule has 0 saturated heterocycles. The predicted molar refractivity (Wildman–Crippen MR) is 232 cm³/mol. The van der Waals surface area contributed by atoms with Crippen LogP contribution in [0.15, 0.2) is 182 Å². The third-order valence-electron chi connectivity index (χ3n) is 10.6. The fraction of sp³-hybridized carbons (Fsp3) is 0. The lowest BCUT2D eigenvalue weighted by Crippen LogP contribution is -1.98. The third-order valence-corrected chi connectivity index (χ3v) is 13.0. The average Bonchev–Trinajstić information content (AvgIpc) is 3.82. The van der Waals surface area contributed by atoms with E-state index in [2.05, 4.69) is 182 Å². The molecular formula is C50H30N2S2. The molecule has 54 heavy (non-hydrogen) atoms. The van der Waals surface area contributed by atoms with Crippen LogP contribution in [0.5, 0.6) is 0 Å². The normalized spacial score (nSPS) is 11.7. The van der Waals surface area contributed by atoms with Gasteiger partial charge in [-0.25, -0.2) is 9.97 Å². The van der Waals surface area contributed by atoms with Gasteiger partial charge >= 0.3 is 0 Å². The second-order valence-electron chi connectivity index (χ2n) is 13.6. The van der Waals surface area contributed by atoms with Crippen LogP contribution in [0.2, 0.25) is 0 Å². The first-order valence-electron chi connectivity index (χ1n) is 18.2. The summed E-state index contributed by atoms with van der Waals surface area (Å²) in [7, 11) is 0. The lowest BCUT2D eigenvalue weighted by atomic mass is 9.90. The third kappa shape index (κ3) is 4.99. The van der Waals surface area contributed by atoms with Crippen LogP contribution in [-0.2, 0) is 0 Å². The summed E-state index contributed by atoms with van der Waals surface area (Å²) in [4.78, 5) is 10.9. The number of fused-ring (bicyclic) bond motifs is 7. The van der Waals surface area contributed by atoms with Crippen LogP contribution in [0.4, 0.5) is 0 Å². The number of hydrogen-bond donors (Lipinski definition) is 0. The van der Waals surface area contributed by atoms with Gasteiger partial charge < -0.3 is 0 Å². The van der Waals surface area contributed by atoms with E-state index >= 15 is 0 Å². The van der Waals surface area contributed by atoms with E-state index in [4.69, 9.17) is 9.97 Å². The minimum absolute atomic E-state index is 0.713. The molecular weight excluding hydrogens is 693 g/mol. The molecule has 0 unspecified atom stereocenters. The van der Waals surface area contributed by atoms with E-state index in [1.807, 2.05) is 22.7 Å². The van der Waals surface area contributed by atoms with Gasteiger partial charge in [-0.05, 0) is 51.2 Å². The van der Waals surface area contributed by atoms with Crippen molar-refractivity contribution in [3.05, 3.63) is 182 Å². The van der Waals surface area contributed by atoms with Gasteiger partial charge in [0.15, 0.2) is 5.82 Å². The zero-order valence-electron chi connectivity index (χ0n) is 29.0. The Balaban J connectivity index is 1.18. The topological polar surface area (TPSA) is 25.8 Å². The summed E-state index contributed by atoms with van der Waals surface area (Å²) in [6.45, 7) is 0. The molecule has 0 fully saturated rings. The molecule has 4 heteroatoms.